The highest BCUT2D eigenvalue weighted by Gasteiger charge is 2.16. The zero-order valence-corrected chi connectivity index (χ0v) is 12.0. The van der Waals surface area contributed by atoms with Crippen molar-refractivity contribution in [2.45, 2.75) is 0 Å². The third-order valence-corrected chi connectivity index (χ3v) is 3.30. The van der Waals surface area contributed by atoms with Gasteiger partial charge in [0, 0.05) is 5.02 Å². The van der Waals surface area contributed by atoms with E-state index in [-0.39, 0.29) is 0 Å². The smallest absolute Gasteiger partial charge is 0.203 e. The Labute approximate surface area is 124 Å². The first-order valence-electron chi connectivity index (χ1n) is 5.76. The number of nitrogens with zero attached hydrogens (tertiary/aromatic N) is 2. The Morgan fingerprint density at radius 2 is 2.25 bits per heavy atom. The van der Waals surface area contributed by atoms with Gasteiger partial charge in [0.2, 0.25) is 5.82 Å². The predicted octanol–water partition coefficient (Wildman–Crippen LogP) is 3.85. The van der Waals surface area contributed by atoms with Gasteiger partial charge in [-0.1, -0.05) is 11.6 Å². The maximum atomic E-state index is 6.06. The number of methoxy groups -OCH3 is 1. The SMILES string of the molecule is COc1ccc(Cl)cc1-n1c(-c2ccco2)n[nH]c1=S. The highest BCUT2D eigenvalue weighted by atomic mass is 35.5. The third kappa shape index (κ3) is 2.13. The van der Waals surface area contributed by atoms with E-state index in [1.807, 2.05) is 0 Å². The number of hydrogen-bond acceptors (Lipinski definition) is 4. The Kier molecular flexibility index (Phi) is 3.33. The molecule has 0 fully saturated rings. The molecule has 5 nitrogen and oxygen atoms in total. The Bertz CT molecular complexity index is 792. The number of ether oxygens (including phenoxy) is 1. The number of benzene rings is 1. The summed E-state index contributed by atoms with van der Waals surface area (Å²) in [6, 6.07) is 8.88. The molecule has 2 aromatic heterocycles. The first kappa shape index (κ1) is 13.0. The Morgan fingerprint density at radius 1 is 1.40 bits per heavy atom. The van der Waals surface area contributed by atoms with Crippen LogP contribution in [-0.2, 0) is 0 Å². The fraction of sp³-hybridized carbons (Fsp3) is 0.0769. The summed E-state index contributed by atoms with van der Waals surface area (Å²) in [5.41, 5.74) is 0.699. The number of rotatable bonds is 3. The van der Waals surface area contributed by atoms with Gasteiger partial charge >= 0.3 is 0 Å². The molecule has 7 heteroatoms. The highest BCUT2D eigenvalue weighted by molar-refractivity contribution is 7.71. The van der Waals surface area contributed by atoms with Crippen LogP contribution in [0, 0.1) is 4.77 Å². The van der Waals surface area contributed by atoms with E-state index in [9.17, 15) is 0 Å². The fourth-order valence-electron chi connectivity index (χ4n) is 1.93. The van der Waals surface area contributed by atoms with Crippen molar-refractivity contribution in [3.8, 4) is 23.0 Å². The maximum Gasteiger partial charge on any atom is 0.203 e. The molecule has 0 radical (unpaired) electrons. The van der Waals surface area contributed by atoms with E-state index in [4.69, 9.17) is 33.0 Å². The molecule has 0 amide bonds. The van der Waals surface area contributed by atoms with Crippen molar-refractivity contribution in [2.24, 2.45) is 0 Å². The standard InChI is InChI=1S/C13H10ClN3O2S/c1-18-10-5-4-8(14)7-9(10)17-12(15-16-13(17)20)11-3-2-6-19-11/h2-7H,1H3,(H,16,20). The van der Waals surface area contributed by atoms with Crippen LogP contribution in [0.5, 0.6) is 5.75 Å². The molecule has 0 aliphatic carbocycles. The van der Waals surface area contributed by atoms with Gasteiger partial charge in [0.25, 0.3) is 0 Å². The zero-order valence-electron chi connectivity index (χ0n) is 10.5. The molecular weight excluding hydrogens is 298 g/mol. The van der Waals surface area contributed by atoms with Gasteiger partial charge in [0.05, 0.1) is 19.1 Å². The second-order valence-corrected chi connectivity index (χ2v) is 4.80. The van der Waals surface area contributed by atoms with E-state index in [2.05, 4.69) is 10.2 Å². The van der Waals surface area contributed by atoms with Crippen molar-refractivity contribution < 1.29 is 9.15 Å². The van der Waals surface area contributed by atoms with E-state index in [0.29, 0.717) is 32.8 Å². The van der Waals surface area contributed by atoms with Crippen molar-refractivity contribution in [3.05, 3.63) is 46.4 Å². The van der Waals surface area contributed by atoms with E-state index >= 15 is 0 Å². The minimum Gasteiger partial charge on any atom is -0.495 e. The molecule has 0 unspecified atom stereocenters. The van der Waals surface area contributed by atoms with Crippen LogP contribution >= 0.6 is 23.8 Å². The second-order valence-electron chi connectivity index (χ2n) is 3.98. The molecule has 102 valence electrons. The van der Waals surface area contributed by atoms with E-state index in [0.717, 1.165) is 0 Å². The molecule has 2 heterocycles. The van der Waals surface area contributed by atoms with Crippen LogP contribution in [0.3, 0.4) is 0 Å². The second kappa shape index (κ2) is 5.15. The maximum absolute atomic E-state index is 6.06. The summed E-state index contributed by atoms with van der Waals surface area (Å²) in [7, 11) is 1.59. The zero-order chi connectivity index (χ0) is 14.1. The fourth-order valence-corrected chi connectivity index (χ4v) is 2.33. The highest BCUT2D eigenvalue weighted by Crippen LogP contribution is 2.30. The molecule has 1 N–H and O–H groups in total. The molecule has 0 saturated heterocycles. The minimum absolute atomic E-state index is 0.428. The van der Waals surface area contributed by atoms with Gasteiger partial charge in [-0.2, -0.15) is 5.10 Å². The van der Waals surface area contributed by atoms with Gasteiger partial charge in [-0.25, -0.2) is 0 Å². The summed E-state index contributed by atoms with van der Waals surface area (Å²) in [5.74, 6) is 1.79. The summed E-state index contributed by atoms with van der Waals surface area (Å²) in [4.78, 5) is 0. The van der Waals surface area contributed by atoms with Gasteiger partial charge in [0.15, 0.2) is 10.5 Å². The summed E-state index contributed by atoms with van der Waals surface area (Å²) in [6.07, 6.45) is 1.58. The minimum atomic E-state index is 0.428. The van der Waals surface area contributed by atoms with E-state index in [1.54, 1.807) is 48.3 Å². The number of aromatic nitrogens is 3. The summed E-state index contributed by atoms with van der Waals surface area (Å²) in [6.45, 7) is 0. The molecule has 0 saturated carbocycles. The molecule has 0 aliphatic rings. The summed E-state index contributed by atoms with van der Waals surface area (Å²) >= 11 is 11.3. The average molecular weight is 308 g/mol. The third-order valence-electron chi connectivity index (χ3n) is 2.80. The summed E-state index contributed by atoms with van der Waals surface area (Å²) in [5, 5.41) is 7.52. The van der Waals surface area contributed by atoms with Crippen LogP contribution < -0.4 is 4.74 Å². The number of hydrogen-bond donors (Lipinski definition) is 1. The number of halogens is 1. The van der Waals surface area contributed by atoms with Gasteiger partial charge in [-0.05, 0) is 42.5 Å². The van der Waals surface area contributed by atoms with Gasteiger partial charge in [0.1, 0.15) is 5.75 Å². The molecule has 3 rings (SSSR count). The van der Waals surface area contributed by atoms with Gasteiger partial charge < -0.3 is 9.15 Å². The monoisotopic (exact) mass is 307 g/mol. The van der Waals surface area contributed by atoms with Crippen molar-refractivity contribution in [3.63, 3.8) is 0 Å². The Hall–Kier alpha value is -2.05. The topological polar surface area (TPSA) is 56.0 Å². The lowest BCUT2D eigenvalue weighted by Gasteiger charge is -2.10. The Morgan fingerprint density at radius 3 is 2.95 bits per heavy atom. The number of aromatic amines is 1. The number of furan rings is 1. The lowest BCUT2D eigenvalue weighted by molar-refractivity contribution is 0.412. The van der Waals surface area contributed by atoms with Crippen LogP contribution in [0.2, 0.25) is 5.02 Å². The van der Waals surface area contributed by atoms with Crippen molar-refractivity contribution in [1.29, 1.82) is 0 Å². The normalized spacial score (nSPS) is 10.7. The lowest BCUT2D eigenvalue weighted by atomic mass is 10.2. The number of H-pyrrole nitrogens is 1. The number of nitrogens with one attached hydrogen (secondary N) is 1. The molecule has 1 aromatic carbocycles. The first-order valence-corrected chi connectivity index (χ1v) is 6.54. The summed E-state index contributed by atoms with van der Waals surface area (Å²) < 4.78 is 12.9. The first-order chi connectivity index (χ1) is 9.70. The van der Waals surface area contributed by atoms with E-state index in [1.165, 1.54) is 0 Å². The largest absolute Gasteiger partial charge is 0.495 e. The van der Waals surface area contributed by atoms with Crippen LogP contribution in [-0.4, -0.2) is 21.9 Å². The predicted molar refractivity (Wildman–Crippen MR) is 78.0 cm³/mol. The molecule has 0 atom stereocenters. The van der Waals surface area contributed by atoms with Gasteiger partial charge in [-0.15, -0.1) is 0 Å². The molecule has 20 heavy (non-hydrogen) atoms. The molecule has 0 spiro atoms. The lowest BCUT2D eigenvalue weighted by Crippen LogP contribution is -2.00. The molecule has 0 bridgehead atoms. The average Bonchev–Trinajstić information content (AvgIpc) is 3.07. The van der Waals surface area contributed by atoms with Crippen LogP contribution in [0.15, 0.2) is 41.0 Å². The van der Waals surface area contributed by atoms with Crippen molar-refractivity contribution >= 4 is 23.8 Å². The van der Waals surface area contributed by atoms with E-state index < -0.39 is 0 Å². The Balaban J connectivity index is 2.28. The molecule has 0 aliphatic heterocycles. The van der Waals surface area contributed by atoms with Crippen LogP contribution in [0.4, 0.5) is 0 Å². The molecule has 3 aromatic rings. The van der Waals surface area contributed by atoms with Crippen molar-refractivity contribution in [1.82, 2.24) is 14.8 Å². The van der Waals surface area contributed by atoms with Crippen LogP contribution in [0.1, 0.15) is 0 Å². The molecular formula is C13H10ClN3O2S. The van der Waals surface area contributed by atoms with Gasteiger partial charge in [-0.3, -0.25) is 9.67 Å². The van der Waals surface area contributed by atoms with Crippen LogP contribution in [0.25, 0.3) is 17.3 Å². The van der Waals surface area contributed by atoms with Crippen molar-refractivity contribution in [2.75, 3.05) is 7.11 Å². The quantitative estimate of drug-likeness (QED) is 0.747.